The minimum absolute atomic E-state index is 0.00670. The Hall–Kier alpha value is -2.49. The molecule has 1 amide bonds. The van der Waals surface area contributed by atoms with Crippen molar-refractivity contribution in [1.29, 1.82) is 0 Å². The normalized spacial score (nSPS) is 13.1. The van der Waals surface area contributed by atoms with Crippen molar-refractivity contribution >= 4 is 11.7 Å². The fourth-order valence-corrected chi connectivity index (χ4v) is 3.42. The van der Waals surface area contributed by atoms with Gasteiger partial charge in [-0.1, -0.05) is 18.2 Å². The summed E-state index contributed by atoms with van der Waals surface area (Å²) in [6, 6.07) is 11.8. The average molecular weight is 350 g/mol. The summed E-state index contributed by atoms with van der Waals surface area (Å²) in [5.41, 5.74) is 4.39. The number of rotatable bonds is 7. The van der Waals surface area contributed by atoms with Crippen molar-refractivity contribution < 1.29 is 9.59 Å². The fourth-order valence-electron chi connectivity index (χ4n) is 3.42. The number of hydrogen-bond acceptors (Lipinski definition) is 3. The molecule has 4 nitrogen and oxygen atoms in total. The zero-order valence-electron chi connectivity index (χ0n) is 15.4. The summed E-state index contributed by atoms with van der Waals surface area (Å²) in [5, 5.41) is 0. The lowest BCUT2D eigenvalue weighted by Crippen LogP contribution is -2.29. The van der Waals surface area contributed by atoms with Gasteiger partial charge in [0.05, 0.1) is 0 Å². The van der Waals surface area contributed by atoms with Gasteiger partial charge in [0.2, 0.25) is 5.91 Å². The third-order valence-electron chi connectivity index (χ3n) is 5.09. The van der Waals surface area contributed by atoms with Crippen molar-refractivity contribution in [3.05, 3.63) is 65.0 Å². The van der Waals surface area contributed by atoms with E-state index in [-0.39, 0.29) is 24.5 Å². The van der Waals surface area contributed by atoms with Crippen molar-refractivity contribution in [1.82, 2.24) is 9.88 Å². The maximum Gasteiger partial charge on any atom is 0.222 e. The summed E-state index contributed by atoms with van der Waals surface area (Å²) in [6.07, 6.45) is 7.62. The molecule has 0 aliphatic heterocycles. The molecule has 0 saturated heterocycles. The van der Waals surface area contributed by atoms with Crippen LogP contribution in [0.3, 0.4) is 0 Å². The zero-order valence-corrected chi connectivity index (χ0v) is 15.4. The largest absolute Gasteiger partial charge is 0.345 e. The molecule has 3 rings (SSSR count). The first-order valence-corrected chi connectivity index (χ1v) is 9.42. The minimum Gasteiger partial charge on any atom is -0.345 e. The van der Waals surface area contributed by atoms with Crippen LogP contribution in [-0.4, -0.2) is 35.2 Å². The number of Topliss-reactive ketones (excluding diaryl/α,β-unsaturated/α-hetero) is 1. The standard InChI is InChI=1S/C22H26N2O2/c1-24(15-13-20-8-4-5-14-23-20)22(26)12-11-21(25)19-10-9-17-6-2-3-7-18(17)16-19/h4-5,8-10,14,16H,2-3,6-7,11-13,15H2,1H3. The second kappa shape index (κ2) is 8.75. The number of fused-ring (bicyclic) bond motifs is 1. The Morgan fingerprint density at radius 3 is 2.62 bits per heavy atom. The Bertz CT molecular complexity index is 771. The Balaban J connectivity index is 1.48. The van der Waals surface area contributed by atoms with Crippen LogP contribution in [-0.2, 0) is 24.1 Å². The van der Waals surface area contributed by atoms with Gasteiger partial charge < -0.3 is 4.90 Å². The van der Waals surface area contributed by atoms with Crippen LogP contribution in [0.15, 0.2) is 42.6 Å². The van der Waals surface area contributed by atoms with Gasteiger partial charge in [0.25, 0.3) is 0 Å². The minimum atomic E-state index is 0.00670. The highest BCUT2D eigenvalue weighted by molar-refractivity contribution is 5.98. The van der Waals surface area contributed by atoms with E-state index in [9.17, 15) is 9.59 Å². The Morgan fingerprint density at radius 2 is 1.85 bits per heavy atom. The molecule has 1 heterocycles. The molecule has 1 aromatic carbocycles. The van der Waals surface area contributed by atoms with Gasteiger partial charge in [0.15, 0.2) is 5.78 Å². The first-order chi connectivity index (χ1) is 12.6. The molecule has 1 aliphatic carbocycles. The molecule has 0 unspecified atom stereocenters. The van der Waals surface area contributed by atoms with E-state index in [0.717, 1.165) is 30.5 Å². The number of carbonyl (C=O) groups excluding carboxylic acids is 2. The fraction of sp³-hybridized carbons (Fsp3) is 0.409. The Labute approximate surface area is 155 Å². The topological polar surface area (TPSA) is 50.3 Å². The van der Waals surface area contributed by atoms with E-state index in [1.165, 1.54) is 24.0 Å². The smallest absolute Gasteiger partial charge is 0.222 e. The summed E-state index contributed by atoms with van der Waals surface area (Å²) in [4.78, 5) is 30.7. The number of pyridine rings is 1. The molecule has 4 heteroatoms. The number of aromatic nitrogens is 1. The molecular formula is C22H26N2O2. The van der Waals surface area contributed by atoms with Gasteiger partial charge in [-0.05, 0) is 55.0 Å². The number of hydrogen-bond donors (Lipinski definition) is 0. The maximum absolute atomic E-state index is 12.5. The van der Waals surface area contributed by atoms with Gasteiger partial charge in [0, 0.05) is 50.3 Å². The van der Waals surface area contributed by atoms with Crippen molar-refractivity contribution in [2.24, 2.45) is 0 Å². The molecule has 0 saturated carbocycles. The predicted molar refractivity (Wildman–Crippen MR) is 102 cm³/mol. The predicted octanol–water partition coefficient (Wildman–Crippen LogP) is 3.62. The van der Waals surface area contributed by atoms with E-state index in [0.29, 0.717) is 6.54 Å². The van der Waals surface area contributed by atoms with Crippen LogP contribution in [0.2, 0.25) is 0 Å². The van der Waals surface area contributed by atoms with E-state index in [2.05, 4.69) is 11.1 Å². The lowest BCUT2D eigenvalue weighted by molar-refractivity contribution is -0.129. The van der Waals surface area contributed by atoms with Crippen LogP contribution >= 0.6 is 0 Å². The second-order valence-corrected chi connectivity index (χ2v) is 7.00. The van der Waals surface area contributed by atoms with Crippen LogP contribution in [0.5, 0.6) is 0 Å². The summed E-state index contributed by atoms with van der Waals surface area (Å²) in [6.45, 7) is 0.614. The summed E-state index contributed by atoms with van der Waals surface area (Å²) < 4.78 is 0. The summed E-state index contributed by atoms with van der Waals surface area (Å²) in [7, 11) is 1.79. The second-order valence-electron chi connectivity index (χ2n) is 7.00. The van der Waals surface area contributed by atoms with E-state index in [4.69, 9.17) is 0 Å². The van der Waals surface area contributed by atoms with E-state index < -0.39 is 0 Å². The number of ketones is 1. The molecule has 136 valence electrons. The molecule has 0 atom stereocenters. The van der Waals surface area contributed by atoms with Crippen LogP contribution in [0.4, 0.5) is 0 Å². The highest BCUT2D eigenvalue weighted by Gasteiger charge is 2.15. The lowest BCUT2D eigenvalue weighted by Gasteiger charge is -2.17. The highest BCUT2D eigenvalue weighted by atomic mass is 16.2. The maximum atomic E-state index is 12.5. The number of nitrogens with zero attached hydrogens (tertiary/aromatic N) is 2. The van der Waals surface area contributed by atoms with E-state index >= 15 is 0 Å². The van der Waals surface area contributed by atoms with Crippen molar-refractivity contribution in [2.45, 2.75) is 44.9 Å². The first-order valence-electron chi connectivity index (χ1n) is 9.42. The third kappa shape index (κ3) is 4.78. The number of amides is 1. The SMILES string of the molecule is CN(CCc1ccccn1)C(=O)CCC(=O)c1ccc2c(c1)CCCC2. The molecule has 0 bridgehead atoms. The molecule has 1 aromatic heterocycles. The monoisotopic (exact) mass is 350 g/mol. The molecule has 0 N–H and O–H groups in total. The van der Waals surface area contributed by atoms with E-state index in [1.54, 1.807) is 18.1 Å². The molecule has 1 aliphatic rings. The molecule has 0 fully saturated rings. The van der Waals surface area contributed by atoms with Gasteiger partial charge in [-0.3, -0.25) is 14.6 Å². The number of carbonyl (C=O) groups is 2. The highest BCUT2D eigenvalue weighted by Crippen LogP contribution is 2.23. The van der Waals surface area contributed by atoms with Crippen LogP contribution in [0, 0.1) is 0 Å². The molecule has 0 spiro atoms. The van der Waals surface area contributed by atoms with Gasteiger partial charge in [-0.2, -0.15) is 0 Å². The zero-order chi connectivity index (χ0) is 18.4. The molecule has 26 heavy (non-hydrogen) atoms. The molecule has 2 aromatic rings. The first kappa shape index (κ1) is 18.3. The van der Waals surface area contributed by atoms with Crippen LogP contribution in [0.1, 0.15) is 52.9 Å². The van der Waals surface area contributed by atoms with Crippen molar-refractivity contribution in [3.8, 4) is 0 Å². The van der Waals surface area contributed by atoms with Gasteiger partial charge in [-0.25, -0.2) is 0 Å². The van der Waals surface area contributed by atoms with Gasteiger partial charge in [0.1, 0.15) is 0 Å². The number of likely N-dealkylation sites (N-methyl/N-ethyl adjacent to an activating group) is 1. The van der Waals surface area contributed by atoms with Crippen LogP contribution < -0.4 is 0 Å². The number of benzene rings is 1. The Morgan fingerprint density at radius 1 is 1.04 bits per heavy atom. The number of aryl methyl sites for hydroxylation is 2. The van der Waals surface area contributed by atoms with Crippen molar-refractivity contribution in [2.75, 3.05) is 13.6 Å². The lowest BCUT2D eigenvalue weighted by atomic mass is 9.89. The van der Waals surface area contributed by atoms with Gasteiger partial charge >= 0.3 is 0 Å². The van der Waals surface area contributed by atoms with Crippen LogP contribution in [0.25, 0.3) is 0 Å². The van der Waals surface area contributed by atoms with E-state index in [1.807, 2.05) is 30.3 Å². The van der Waals surface area contributed by atoms with Gasteiger partial charge in [-0.15, -0.1) is 0 Å². The Kier molecular flexibility index (Phi) is 6.16. The molecule has 0 radical (unpaired) electrons. The summed E-state index contributed by atoms with van der Waals surface area (Å²) in [5.74, 6) is 0.0668. The molecular weight excluding hydrogens is 324 g/mol. The average Bonchev–Trinajstić information content (AvgIpc) is 2.70. The third-order valence-corrected chi connectivity index (χ3v) is 5.09. The van der Waals surface area contributed by atoms with Crippen molar-refractivity contribution in [3.63, 3.8) is 0 Å². The summed E-state index contributed by atoms with van der Waals surface area (Å²) >= 11 is 0. The quantitative estimate of drug-likeness (QED) is 0.717.